The van der Waals surface area contributed by atoms with Gasteiger partial charge in [0.1, 0.15) is 4.83 Å². The molecule has 0 atom stereocenters. The Hall–Kier alpha value is -2.77. The molecule has 5 nitrogen and oxygen atoms in total. The van der Waals surface area contributed by atoms with Crippen molar-refractivity contribution in [3.63, 3.8) is 0 Å². The van der Waals surface area contributed by atoms with E-state index < -0.39 is 0 Å². The second-order valence-electron chi connectivity index (χ2n) is 5.81. The molecule has 3 heterocycles. The lowest BCUT2D eigenvalue weighted by Crippen LogP contribution is -2.20. The van der Waals surface area contributed by atoms with Crippen LogP contribution in [0.2, 0.25) is 0 Å². The van der Waals surface area contributed by atoms with Crippen LogP contribution >= 0.6 is 22.7 Å². The Bertz CT molecular complexity index is 1130. The molecular formula is C19H15N3O2S2. The van der Waals surface area contributed by atoms with Crippen molar-refractivity contribution in [2.24, 2.45) is 0 Å². The largest absolute Gasteiger partial charge is 0.321 e. The van der Waals surface area contributed by atoms with Crippen LogP contribution in [-0.4, -0.2) is 15.5 Å². The summed E-state index contributed by atoms with van der Waals surface area (Å²) in [6.45, 7) is 2.29. The lowest BCUT2D eigenvalue weighted by molar-refractivity contribution is 0.103. The van der Waals surface area contributed by atoms with Crippen molar-refractivity contribution >= 4 is 44.5 Å². The zero-order valence-corrected chi connectivity index (χ0v) is 15.6. The minimum absolute atomic E-state index is 0.115. The van der Waals surface area contributed by atoms with Gasteiger partial charge < -0.3 is 5.32 Å². The number of fused-ring (bicyclic) bond motifs is 1. The van der Waals surface area contributed by atoms with Gasteiger partial charge in [0.15, 0.2) is 0 Å². The highest BCUT2D eigenvalue weighted by Crippen LogP contribution is 2.27. The second kappa shape index (κ2) is 6.86. The maximum atomic E-state index is 12.9. The molecule has 4 aromatic rings. The third-order valence-corrected chi connectivity index (χ3v) is 6.12. The Labute approximate surface area is 157 Å². The van der Waals surface area contributed by atoms with Crippen LogP contribution in [0.1, 0.15) is 20.1 Å². The number of hydrogen-bond acceptors (Lipinski definition) is 5. The number of para-hydroxylation sites is 1. The number of thiophene rings is 2. The third-order valence-electron chi connectivity index (χ3n) is 4.06. The van der Waals surface area contributed by atoms with Gasteiger partial charge in [0.2, 0.25) is 0 Å². The summed E-state index contributed by atoms with van der Waals surface area (Å²) in [7, 11) is 0. The molecular weight excluding hydrogens is 366 g/mol. The first-order chi connectivity index (χ1) is 12.6. The monoisotopic (exact) mass is 381 g/mol. The molecule has 130 valence electrons. The summed E-state index contributed by atoms with van der Waals surface area (Å²) < 4.78 is 1.59. The summed E-state index contributed by atoms with van der Waals surface area (Å²) in [5.74, 6) is -0.221. The molecule has 1 N–H and O–H groups in total. The quantitative estimate of drug-likeness (QED) is 0.578. The van der Waals surface area contributed by atoms with E-state index in [9.17, 15) is 9.59 Å². The molecule has 0 saturated carbocycles. The predicted molar refractivity (Wildman–Crippen MR) is 106 cm³/mol. The number of nitrogens with zero attached hydrogens (tertiary/aromatic N) is 2. The van der Waals surface area contributed by atoms with Crippen LogP contribution in [0.3, 0.4) is 0 Å². The van der Waals surface area contributed by atoms with E-state index in [1.165, 1.54) is 11.3 Å². The van der Waals surface area contributed by atoms with E-state index in [2.05, 4.69) is 10.3 Å². The van der Waals surface area contributed by atoms with Crippen LogP contribution in [0, 0.1) is 6.92 Å². The Morgan fingerprint density at radius 1 is 1.19 bits per heavy atom. The number of hydrogen-bond donors (Lipinski definition) is 1. The van der Waals surface area contributed by atoms with Crippen LogP contribution in [0.15, 0.2) is 59.0 Å². The Morgan fingerprint density at radius 3 is 2.73 bits per heavy atom. The van der Waals surface area contributed by atoms with E-state index in [1.807, 2.05) is 47.8 Å². The molecule has 1 amide bonds. The third kappa shape index (κ3) is 3.07. The standard InChI is InChI=1S/C19H15N3O2S2/c1-12-15-18(20-11-22(19(15)24)10-14-8-5-9-25-14)26-16(12)17(23)21-13-6-3-2-4-7-13/h2-9,11H,10H2,1H3,(H,21,23). The molecule has 0 radical (unpaired) electrons. The zero-order valence-electron chi connectivity index (χ0n) is 13.9. The van der Waals surface area contributed by atoms with Crippen molar-refractivity contribution in [3.05, 3.63) is 79.8 Å². The van der Waals surface area contributed by atoms with Gasteiger partial charge in [-0.25, -0.2) is 4.98 Å². The number of carbonyl (C=O) groups excluding carboxylic acids is 1. The molecule has 0 saturated heterocycles. The van der Waals surface area contributed by atoms with E-state index in [0.717, 1.165) is 10.6 Å². The summed E-state index contributed by atoms with van der Waals surface area (Å²) in [4.78, 5) is 32.1. The Kier molecular flexibility index (Phi) is 4.40. The maximum Gasteiger partial charge on any atom is 0.266 e. The van der Waals surface area contributed by atoms with Gasteiger partial charge in [0.05, 0.1) is 23.1 Å². The minimum atomic E-state index is -0.221. The highest BCUT2D eigenvalue weighted by Gasteiger charge is 2.19. The lowest BCUT2D eigenvalue weighted by Gasteiger charge is -2.04. The second-order valence-corrected chi connectivity index (χ2v) is 7.84. The molecule has 0 bridgehead atoms. The van der Waals surface area contributed by atoms with Gasteiger partial charge in [0.25, 0.3) is 11.5 Å². The average molecular weight is 381 g/mol. The number of rotatable bonds is 4. The molecule has 0 spiro atoms. The van der Waals surface area contributed by atoms with Crippen molar-refractivity contribution < 1.29 is 4.79 Å². The summed E-state index contributed by atoms with van der Waals surface area (Å²) in [5, 5.41) is 5.37. The van der Waals surface area contributed by atoms with Crippen LogP contribution in [0.4, 0.5) is 5.69 Å². The lowest BCUT2D eigenvalue weighted by atomic mass is 10.2. The SMILES string of the molecule is Cc1c(C(=O)Nc2ccccc2)sc2ncn(Cc3cccs3)c(=O)c12. The number of nitrogens with one attached hydrogen (secondary N) is 1. The van der Waals surface area contributed by atoms with E-state index in [0.29, 0.717) is 27.2 Å². The van der Waals surface area contributed by atoms with Crippen LogP contribution in [0.25, 0.3) is 10.2 Å². The van der Waals surface area contributed by atoms with Gasteiger partial charge in [-0.1, -0.05) is 24.3 Å². The summed E-state index contributed by atoms with van der Waals surface area (Å²) in [6, 6.07) is 13.2. The Morgan fingerprint density at radius 2 is 2.00 bits per heavy atom. The van der Waals surface area contributed by atoms with E-state index >= 15 is 0 Å². The molecule has 0 aliphatic heterocycles. The molecule has 0 unspecified atom stereocenters. The summed E-state index contributed by atoms with van der Waals surface area (Å²) >= 11 is 2.85. The fourth-order valence-corrected chi connectivity index (χ4v) is 4.51. The van der Waals surface area contributed by atoms with Crippen molar-refractivity contribution in [2.45, 2.75) is 13.5 Å². The number of aromatic nitrogens is 2. The molecule has 0 aliphatic carbocycles. The molecule has 0 fully saturated rings. The first-order valence-electron chi connectivity index (χ1n) is 8.01. The number of benzene rings is 1. The molecule has 0 aliphatic rings. The number of anilines is 1. The predicted octanol–water partition coefficient (Wildman–Crippen LogP) is 4.13. The van der Waals surface area contributed by atoms with Crippen molar-refractivity contribution in [3.8, 4) is 0 Å². The summed E-state index contributed by atoms with van der Waals surface area (Å²) in [6.07, 6.45) is 1.55. The van der Waals surface area contributed by atoms with Gasteiger partial charge in [-0.3, -0.25) is 14.2 Å². The van der Waals surface area contributed by atoms with Gasteiger partial charge in [0, 0.05) is 10.6 Å². The molecule has 26 heavy (non-hydrogen) atoms. The number of amides is 1. The van der Waals surface area contributed by atoms with Gasteiger partial charge >= 0.3 is 0 Å². The average Bonchev–Trinajstić information content (AvgIpc) is 3.26. The minimum Gasteiger partial charge on any atom is -0.321 e. The van der Waals surface area contributed by atoms with Gasteiger partial charge in [-0.2, -0.15) is 0 Å². The molecule has 3 aromatic heterocycles. The van der Waals surface area contributed by atoms with Crippen molar-refractivity contribution in [1.82, 2.24) is 9.55 Å². The van der Waals surface area contributed by atoms with E-state index in [1.54, 1.807) is 29.2 Å². The van der Waals surface area contributed by atoms with Gasteiger partial charge in [-0.05, 0) is 36.1 Å². The Balaban J connectivity index is 1.71. The van der Waals surface area contributed by atoms with E-state index in [4.69, 9.17) is 0 Å². The number of aryl methyl sites for hydroxylation is 1. The van der Waals surface area contributed by atoms with Crippen molar-refractivity contribution in [1.29, 1.82) is 0 Å². The fourth-order valence-electron chi connectivity index (χ4n) is 2.77. The van der Waals surface area contributed by atoms with Crippen molar-refractivity contribution in [2.75, 3.05) is 5.32 Å². The number of carbonyl (C=O) groups is 1. The topological polar surface area (TPSA) is 64.0 Å². The highest BCUT2D eigenvalue weighted by molar-refractivity contribution is 7.20. The molecule has 1 aromatic carbocycles. The smallest absolute Gasteiger partial charge is 0.266 e. The van der Waals surface area contributed by atoms with Crippen LogP contribution in [-0.2, 0) is 6.54 Å². The molecule has 7 heteroatoms. The highest BCUT2D eigenvalue weighted by atomic mass is 32.1. The van der Waals surface area contributed by atoms with Crippen LogP contribution in [0.5, 0.6) is 0 Å². The van der Waals surface area contributed by atoms with E-state index in [-0.39, 0.29) is 11.5 Å². The summed E-state index contributed by atoms with van der Waals surface area (Å²) in [5.41, 5.74) is 1.28. The normalized spacial score (nSPS) is 11.0. The first kappa shape index (κ1) is 16.7. The maximum absolute atomic E-state index is 12.9. The van der Waals surface area contributed by atoms with Crippen LogP contribution < -0.4 is 10.9 Å². The first-order valence-corrected chi connectivity index (χ1v) is 9.70. The van der Waals surface area contributed by atoms with Gasteiger partial charge in [-0.15, -0.1) is 22.7 Å². The fraction of sp³-hybridized carbons (Fsp3) is 0.105. The molecule has 4 rings (SSSR count). The zero-order chi connectivity index (χ0) is 18.1.